The van der Waals surface area contributed by atoms with Crippen LogP contribution in [0.25, 0.3) is 11.6 Å². The van der Waals surface area contributed by atoms with Crippen LogP contribution in [0.2, 0.25) is 0 Å². The van der Waals surface area contributed by atoms with Crippen molar-refractivity contribution in [1.29, 1.82) is 0 Å². The lowest BCUT2D eigenvalue weighted by Crippen LogP contribution is -1.95. The van der Waals surface area contributed by atoms with Gasteiger partial charge in [0.1, 0.15) is 0 Å². The highest BCUT2D eigenvalue weighted by Crippen LogP contribution is 2.19. The summed E-state index contributed by atoms with van der Waals surface area (Å²) in [4.78, 5) is 11.7. The maximum atomic E-state index is 11.7. The van der Waals surface area contributed by atoms with Gasteiger partial charge in [-0.2, -0.15) is 0 Å². The average molecular weight is 236 g/mol. The second-order valence-electron chi connectivity index (χ2n) is 4.39. The summed E-state index contributed by atoms with van der Waals surface area (Å²) >= 11 is 0. The summed E-state index contributed by atoms with van der Waals surface area (Å²) in [5, 5.41) is 0. The van der Waals surface area contributed by atoms with Crippen molar-refractivity contribution in [3.63, 3.8) is 0 Å². The maximum Gasteiger partial charge on any atom is 0.160 e. The molecular formula is C17H16O. The Kier molecular flexibility index (Phi) is 3.73. The lowest BCUT2D eigenvalue weighted by atomic mass is 9.99. The zero-order chi connectivity index (χ0) is 13.0. The number of carbonyl (C=O) groups excluding carboxylic acids is 1. The van der Waals surface area contributed by atoms with Gasteiger partial charge in [0.05, 0.1) is 0 Å². The number of aryl methyl sites for hydroxylation is 1. The van der Waals surface area contributed by atoms with Crippen LogP contribution in [-0.4, -0.2) is 5.78 Å². The van der Waals surface area contributed by atoms with Crippen molar-refractivity contribution in [1.82, 2.24) is 0 Å². The Labute approximate surface area is 108 Å². The molecule has 1 heteroatoms. The van der Waals surface area contributed by atoms with Crippen LogP contribution in [0.3, 0.4) is 0 Å². The molecule has 0 bridgehead atoms. The summed E-state index contributed by atoms with van der Waals surface area (Å²) in [6.45, 7) is 3.66. The van der Waals surface area contributed by atoms with Crippen LogP contribution < -0.4 is 0 Å². The summed E-state index contributed by atoms with van der Waals surface area (Å²) in [5.74, 6) is 0.0850. The molecule has 0 fully saturated rings. The van der Waals surface area contributed by atoms with E-state index in [1.54, 1.807) is 6.92 Å². The molecule has 0 saturated heterocycles. The fourth-order valence-electron chi connectivity index (χ4n) is 1.84. The molecule has 0 radical (unpaired) electrons. The van der Waals surface area contributed by atoms with Crippen molar-refractivity contribution in [3.8, 4) is 0 Å². The molecule has 2 aromatic rings. The minimum absolute atomic E-state index is 0.0850. The molecule has 0 aliphatic carbocycles. The highest BCUT2D eigenvalue weighted by Gasteiger charge is 2.06. The van der Waals surface area contributed by atoms with Crippen molar-refractivity contribution in [2.24, 2.45) is 0 Å². The largest absolute Gasteiger partial charge is 0.294 e. The van der Waals surface area contributed by atoms with E-state index < -0.39 is 0 Å². The molecule has 0 heterocycles. The van der Waals surface area contributed by atoms with Crippen LogP contribution in [0.15, 0.2) is 54.6 Å². The number of benzene rings is 2. The molecule has 0 spiro atoms. The third-order valence-electron chi connectivity index (χ3n) is 2.85. The summed E-state index contributed by atoms with van der Waals surface area (Å²) in [7, 11) is 0. The fourth-order valence-corrected chi connectivity index (χ4v) is 1.84. The van der Waals surface area contributed by atoms with Crippen molar-refractivity contribution >= 4 is 17.4 Å². The van der Waals surface area contributed by atoms with Gasteiger partial charge in [0, 0.05) is 5.57 Å². The number of hydrogen-bond donors (Lipinski definition) is 0. The third kappa shape index (κ3) is 2.95. The SMILES string of the molecule is CC(=O)/C(=C/c1ccc(C)cc1)c1ccccc1. The molecule has 18 heavy (non-hydrogen) atoms. The Balaban J connectivity index is 2.43. The van der Waals surface area contributed by atoms with E-state index in [0.717, 1.165) is 16.7 Å². The summed E-state index contributed by atoms with van der Waals surface area (Å²) in [6.07, 6.45) is 1.94. The monoisotopic (exact) mass is 236 g/mol. The van der Waals surface area contributed by atoms with Crippen LogP contribution in [0.5, 0.6) is 0 Å². The number of rotatable bonds is 3. The molecule has 2 aromatic carbocycles. The first kappa shape index (κ1) is 12.3. The predicted molar refractivity (Wildman–Crippen MR) is 76.2 cm³/mol. The molecule has 0 atom stereocenters. The minimum Gasteiger partial charge on any atom is -0.294 e. The van der Waals surface area contributed by atoms with Gasteiger partial charge in [-0.25, -0.2) is 0 Å². The molecule has 90 valence electrons. The van der Waals surface area contributed by atoms with Crippen LogP contribution >= 0.6 is 0 Å². The smallest absolute Gasteiger partial charge is 0.160 e. The highest BCUT2D eigenvalue weighted by atomic mass is 16.1. The Morgan fingerprint density at radius 1 is 0.944 bits per heavy atom. The van der Waals surface area contributed by atoms with E-state index >= 15 is 0 Å². The van der Waals surface area contributed by atoms with Gasteiger partial charge in [0.2, 0.25) is 0 Å². The number of allylic oxidation sites excluding steroid dienone is 1. The van der Waals surface area contributed by atoms with Crippen LogP contribution in [0.4, 0.5) is 0 Å². The zero-order valence-electron chi connectivity index (χ0n) is 10.7. The molecular weight excluding hydrogens is 220 g/mol. The molecule has 0 saturated carbocycles. The fraction of sp³-hybridized carbons (Fsp3) is 0.118. The minimum atomic E-state index is 0.0850. The standard InChI is InChI=1S/C17H16O/c1-13-8-10-15(11-9-13)12-17(14(2)18)16-6-4-3-5-7-16/h3-12H,1-2H3/b17-12-. The molecule has 0 aliphatic heterocycles. The predicted octanol–water partition coefficient (Wildman–Crippen LogP) is 4.12. The third-order valence-corrected chi connectivity index (χ3v) is 2.85. The zero-order valence-corrected chi connectivity index (χ0v) is 10.7. The maximum absolute atomic E-state index is 11.7. The van der Waals surface area contributed by atoms with Gasteiger partial charge in [-0.05, 0) is 31.1 Å². The molecule has 0 unspecified atom stereocenters. The topological polar surface area (TPSA) is 17.1 Å². The van der Waals surface area contributed by atoms with Gasteiger partial charge in [-0.15, -0.1) is 0 Å². The lowest BCUT2D eigenvalue weighted by molar-refractivity contribution is -0.111. The van der Waals surface area contributed by atoms with E-state index in [4.69, 9.17) is 0 Å². The Morgan fingerprint density at radius 2 is 1.56 bits per heavy atom. The van der Waals surface area contributed by atoms with Crippen LogP contribution in [0, 0.1) is 6.92 Å². The van der Waals surface area contributed by atoms with E-state index in [1.807, 2.05) is 48.5 Å². The number of hydrogen-bond acceptors (Lipinski definition) is 1. The first-order chi connectivity index (χ1) is 8.66. The lowest BCUT2D eigenvalue weighted by Gasteiger charge is -2.04. The van der Waals surface area contributed by atoms with E-state index in [-0.39, 0.29) is 5.78 Å². The van der Waals surface area contributed by atoms with Gasteiger partial charge in [-0.1, -0.05) is 60.2 Å². The molecule has 0 aromatic heterocycles. The number of carbonyl (C=O) groups is 1. The Morgan fingerprint density at radius 3 is 2.11 bits per heavy atom. The van der Waals surface area contributed by atoms with Crippen molar-refractivity contribution in [2.75, 3.05) is 0 Å². The molecule has 0 aliphatic rings. The first-order valence-electron chi connectivity index (χ1n) is 6.01. The van der Waals surface area contributed by atoms with Gasteiger partial charge >= 0.3 is 0 Å². The van der Waals surface area contributed by atoms with E-state index in [1.165, 1.54) is 5.56 Å². The van der Waals surface area contributed by atoms with Crippen molar-refractivity contribution < 1.29 is 4.79 Å². The van der Waals surface area contributed by atoms with Crippen LogP contribution in [0.1, 0.15) is 23.6 Å². The molecule has 1 nitrogen and oxygen atoms in total. The van der Waals surface area contributed by atoms with E-state index in [0.29, 0.717) is 0 Å². The first-order valence-corrected chi connectivity index (χ1v) is 6.01. The quantitative estimate of drug-likeness (QED) is 0.578. The highest BCUT2D eigenvalue weighted by molar-refractivity contribution is 6.24. The summed E-state index contributed by atoms with van der Waals surface area (Å²) < 4.78 is 0. The van der Waals surface area contributed by atoms with Gasteiger partial charge in [-0.3, -0.25) is 4.79 Å². The van der Waals surface area contributed by atoms with Gasteiger partial charge in [0.15, 0.2) is 5.78 Å². The number of ketones is 1. The molecule has 2 rings (SSSR count). The second kappa shape index (κ2) is 5.46. The molecule has 0 N–H and O–H groups in total. The number of Topliss-reactive ketones (excluding diaryl/α,β-unsaturated/α-hetero) is 1. The van der Waals surface area contributed by atoms with Gasteiger partial charge < -0.3 is 0 Å². The van der Waals surface area contributed by atoms with Gasteiger partial charge in [0.25, 0.3) is 0 Å². The Hall–Kier alpha value is -2.15. The second-order valence-corrected chi connectivity index (χ2v) is 4.39. The van der Waals surface area contributed by atoms with E-state index in [9.17, 15) is 4.79 Å². The normalized spacial score (nSPS) is 11.3. The van der Waals surface area contributed by atoms with Crippen LogP contribution in [-0.2, 0) is 4.79 Å². The van der Waals surface area contributed by atoms with E-state index in [2.05, 4.69) is 19.1 Å². The Bertz CT molecular complexity index is 562. The molecule has 0 amide bonds. The summed E-state index contributed by atoms with van der Waals surface area (Å²) in [5.41, 5.74) is 3.98. The summed E-state index contributed by atoms with van der Waals surface area (Å²) in [6, 6.07) is 17.9. The van der Waals surface area contributed by atoms with Crippen molar-refractivity contribution in [2.45, 2.75) is 13.8 Å². The van der Waals surface area contributed by atoms with Crippen molar-refractivity contribution in [3.05, 3.63) is 71.3 Å². The average Bonchev–Trinajstić information content (AvgIpc) is 2.38.